The van der Waals surface area contributed by atoms with E-state index in [1.165, 1.54) is 5.56 Å². The first-order valence-corrected chi connectivity index (χ1v) is 6.56. The molecule has 1 N–H and O–H groups in total. The third kappa shape index (κ3) is 4.03. The first kappa shape index (κ1) is 13.5. The highest BCUT2D eigenvalue weighted by atomic mass is 15.2. The molecule has 0 spiro atoms. The largest absolute Gasteiger partial charge is 0.354 e. The van der Waals surface area contributed by atoms with Gasteiger partial charge < -0.3 is 10.2 Å². The molecule has 1 heterocycles. The summed E-state index contributed by atoms with van der Waals surface area (Å²) in [5.41, 5.74) is 2.24. The Morgan fingerprint density at radius 1 is 1.16 bits per heavy atom. The number of hydrogen-bond acceptors (Lipinski definition) is 4. The molecule has 0 aliphatic carbocycles. The Balaban J connectivity index is 2.04. The lowest BCUT2D eigenvalue weighted by Crippen LogP contribution is -2.20. The van der Waals surface area contributed by atoms with Gasteiger partial charge in [0, 0.05) is 26.3 Å². The van der Waals surface area contributed by atoms with E-state index in [9.17, 15) is 0 Å². The number of nitrogens with one attached hydrogen (secondary N) is 1. The van der Waals surface area contributed by atoms with Gasteiger partial charge in [-0.2, -0.15) is 0 Å². The molecule has 0 aliphatic heterocycles. The Hall–Kier alpha value is -1.94. The number of nitrogens with zero attached hydrogens (tertiary/aromatic N) is 3. The lowest BCUT2D eigenvalue weighted by molar-refractivity contribution is 0.704. The van der Waals surface area contributed by atoms with E-state index in [2.05, 4.69) is 51.4 Å². The molecule has 2 rings (SSSR count). The van der Waals surface area contributed by atoms with E-state index in [1.54, 1.807) is 6.20 Å². The quantitative estimate of drug-likeness (QED) is 0.860. The van der Waals surface area contributed by atoms with Crippen LogP contribution in [0.25, 0.3) is 0 Å². The predicted octanol–water partition coefficient (Wildman–Crippen LogP) is 2.22. The molecule has 1 aromatic heterocycles. The Bertz CT molecular complexity index is 499. The fourth-order valence-corrected chi connectivity index (χ4v) is 1.86. The molecule has 4 heteroatoms. The summed E-state index contributed by atoms with van der Waals surface area (Å²) in [6.07, 6.45) is 3.61. The molecule has 2 aromatic rings. The SMILES string of the molecule is CCNCc1cncc(N(C)Cc2ccccc2)n1. The Morgan fingerprint density at radius 2 is 1.95 bits per heavy atom. The highest BCUT2D eigenvalue weighted by Gasteiger charge is 2.05. The van der Waals surface area contributed by atoms with Crippen molar-refractivity contribution in [1.29, 1.82) is 0 Å². The van der Waals surface area contributed by atoms with E-state index < -0.39 is 0 Å². The van der Waals surface area contributed by atoms with Gasteiger partial charge in [-0.25, -0.2) is 4.98 Å². The molecule has 4 nitrogen and oxygen atoms in total. The van der Waals surface area contributed by atoms with Crippen LogP contribution in [0.3, 0.4) is 0 Å². The second-order valence-electron chi connectivity index (χ2n) is 4.49. The lowest BCUT2D eigenvalue weighted by atomic mass is 10.2. The van der Waals surface area contributed by atoms with Gasteiger partial charge in [0.05, 0.1) is 11.9 Å². The molecule has 0 radical (unpaired) electrons. The Kier molecular flexibility index (Phi) is 4.86. The molecule has 0 unspecified atom stereocenters. The van der Waals surface area contributed by atoms with Crippen LogP contribution in [-0.2, 0) is 13.1 Å². The topological polar surface area (TPSA) is 41.1 Å². The summed E-state index contributed by atoms with van der Waals surface area (Å²) in [5, 5.41) is 3.26. The van der Waals surface area contributed by atoms with Gasteiger partial charge in [0.15, 0.2) is 0 Å². The first-order valence-electron chi connectivity index (χ1n) is 6.56. The standard InChI is InChI=1S/C15H20N4/c1-3-16-9-14-10-17-11-15(18-14)19(2)12-13-7-5-4-6-8-13/h4-8,10-11,16H,3,9,12H2,1-2H3. The van der Waals surface area contributed by atoms with Crippen molar-refractivity contribution < 1.29 is 0 Å². The van der Waals surface area contributed by atoms with E-state index in [1.807, 2.05) is 19.3 Å². The van der Waals surface area contributed by atoms with E-state index in [-0.39, 0.29) is 0 Å². The van der Waals surface area contributed by atoms with Crippen LogP contribution in [0.5, 0.6) is 0 Å². The van der Waals surface area contributed by atoms with Crippen LogP contribution in [0.2, 0.25) is 0 Å². The van der Waals surface area contributed by atoms with Gasteiger partial charge in [0.1, 0.15) is 5.82 Å². The fraction of sp³-hybridized carbons (Fsp3) is 0.333. The third-order valence-corrected chi connectivity index (χ3v) is 2.88. The third-order valence-electron chi connectivity index (χ3n) is 2.88. The van der Waals surface area contributed by atoms with Crippen LogP contribution < -0.4 is 10.2 Å². The number of hydrogen-bond donors (Lipinski definition) is 1. The maximum absolute atomic E-state index is 4.61. The van der Waals surface area contributed by atoms with Crippen LogP contribution in [-0.4, -0.2) is 23.6 Å². The number of rotatable bonds is 6. The fourth-order valence-electron chi connectivity index (χ4n) is 1.86. The number of anilines is 1. The van der Waals surface area contributed by atoms with Gasteiger partial charge >= 0.3 is 0 Å². The van der Waals surface area contributed by atoms with Crippen molar-refractivity contribution in [3.8, 4) is 0 Å². The molecule has 0 saturated carbocycles. The van der Waals surface area contributed by atoms with Crippen LogP contribution in [0.1, 0.15) is 18.2 Å². The molecule has 0 bridgehead atoms. The second-order valence-corrected chi connectivity index (χ2v) is 4.49. The average Bonchev–Trinajstić information content (AvgIpc) is 2.46. The normalized spacial score (nSPS) is 10.4. The zero-order valence-electron chi connectivity index (χ0n) is 11.5. The van der Waals surface area contributed by atoms with Crippen molar-refractivity contribution in [2.75, 3.05) is 18.5 Å². The summed E-state index contributed by atoms with van der Waals surface area (Å²) >= 11 is 0. The summed E-state index contributed by atoms with van der Waals surface area (Å²) < 4.78 is 0. The number of benzene rings is 1. The highest BCUT2D eigenvalue weighted by molar-refractivity contribution is 5.36. The van der Waals surface area contributed by atoms with E-state index >= 15 is 0 Å². The lowest BCUT2D eigenvalue weighted by Gasteiger charge is -2.18. The van der Waals surface area contributed by atoms with E-state index in [4.69, 9.17) is 0 Å². The molecule has 0 atom stereocenters. The molecule has 1 aromatic carbocycles. The summed E-state index contributed by atoms with van der Waals surface area (Å²) in [6.45, 7) is 4.61. The molecule has 0 saturated heterocycles. The minimum Gasteiger partial charge on any atom is -0.354 e. The zero-order chi connectivity index (χ0) is 13.5. The van der Waals surface area contributed by atoms with Crippen molar-refractivity contribution in [2.45, 2.75) is 20.0 Å². The van der Waals surface area contributed by atoms with Crippen molar-refractivity contribution in [3.05, 3.63) is 54.0 Å². The Morgan fingerprint density at radius 3 is 2.68 bits per heavy atom. The minimum atomic E-state index is 0.760. The van der Waals surface area contributed by atoms with Gasteiger partial charge in [-0.1, -0.05) is 37.3 Å². The Labute approximate surface area is 114 Å². The number of aromatic nitrogens is 2. The van der Waals surface area contributed by atoms with Crippen LogP contribution in [0.15, 0.2) is 42.7 Å². The smallest absolute Gasteiger partial charge is 0.147 e. The first-order chi connectivity index (χ1) is 9.29. The van der Waals surface area contributed by atoms with Crippen molar-refractivity contribution in [3.63, 3.8) is 0 Å². The molecule has 0 aliphatic rings. The monoisotopic (exact) mass is 256 g/mol. The zero-order valence-corrected chi connectivity index (χ0v) is 11.5. The summed E-state index contributed by atoms with van der Waals surface area (Å²) in [5.74, 6) is 0.902. The summed E-state index contributed by atoms with van der Waals surface area (Å²) in [7, 11) is 2.04. The van der Waals surface area contributed by atoms with Gasteiger partial charge in [0.25, 0.3) is 0 Å². The summed E-state index contributed by atoms with van der Waals surface area (Å²) in [6, 6.07) is 10.4. The van der Waals surface area contributed by atoms with Gasteiger partial charge in [-0.05, 0) is 12.1 Å². The average molecular weight is 256 g/mol. The van der Waals surface area contributed by atoms with Crippen LogP contribution >= 0.6 is 0 Å². The van der Waals surface area contributed by atoms with Crippen LogP contribution in [0.4, 0.5) is 5.82 Å². The molecular weight excluding hydrogens is 236 g/mol. The molecule has 100 valence electrons. The minimum absolute atomic E-state index is 0.760. The van der Waals surface area contributed by atoms with E-state index in [0.29, 0.717) is 0 Å². The van der Waals surface area contributed by atoms with Crippen molar-refractivity contribution in [1.82, 2.24) is 15.3 Å². The van der Waals surface area contributed by atoms with E-state index in [0.717, 1.165) is 31.1 Å². The van der Waals surface area contributed by atoms with Crippen molar-refractivity contribution in [2.24, 2.45) is 0 Å². The molecule has 0 amide bonds. The molecule has 0 fully saturated rings. The molecular formula is C15H20N4. The van der Waals surface area contributed by atoms with Crippen LogP contribution in [0, 0.1) is 0 Å². The predicted molar refractivity (Wildman–Crippen MR) is 78.0 cm³/mol. The maximum atomic E-state index is 4.61. The highest BCUT2D eigenvalue weighted by Crippen LogP contribution is 2.11. The van der Waals surface area contributed by atoms with Gasteiger partial charge in [-0.15, -0.1) is 0 Å². The van der Waals surface area contributed by atoms with Crippen molar-refractivity contribution >= 4 is 5.82 Å². The van der Waals surface area contributed by atoms with Gasteiger partial charge in [0.2, 0.25) is 0 Å². The van der Waals surface area contributed by atoms with Gasteiger partial charge in [-0.3, -0.25) is 4.98 Å². The summed E-state index contributed by atoms with van der Waals surface area (Å²) in [4.78, 5) is 11.0. The second kappa shape index (κ2) is 6.85. The molecule has 19 heavy (non-hydrogen) atoms. The maximum Gasteiger partial charge on any atom is 0.147 e.